The van der Waals surface area contributed by atoms with Gasteiger partial charge in [-0.1, -0.05) is 19.9 Å². The van der Waals surface area contributed by atoms with Crippen molar-refractivity contribution in [2.24, 2.45) is 28.1 Å². The molecule has 0 aromatic rings. The topological polar surface area (TPSA) is 93.1 Å². The fourth-order valence-corrected chi connectivity index (χ4v) is 9.02. The molecule has 36 heavy (non-hydrogen) atoms. The molecule has 0 aromatic carbocycles. The molecule has 0 spiro atoms. The summed E-state index contributed by atoms with van der Waals surface area (Å²) < 4.78 is 59.4. The number of Topliss-reactive ketones (excluding diaryl/α,β-unsaturated/α-hetero) is 1. The standard InChI is InChI=1S/C27H33F3O6/c1-23-5-4-15(32)8-16(23)17(29)9-18-24(2)11-21-27(20(34)12-31,25(24,3)10-19(33)26(18,23)30)36-22(35-21)13-6-14(28)7-13/h4-5,8,13-14,17-19,21-22,31,33H,6-7,9-12H2,1-3H3/t13?,14?,17-,18-,19-,21+,22+,23-,24-,25-,26-,27+/m0/s1. The van der Waals surface area contributed by atoms with Gasteiger partial charge in [0.25, 0.3) is 0 Å². The fourth-order valence-electron chi connectivity index (χ4n) is 9.02. The third-order valence-electron chi connectivity index (χ3n) is 11.2. The number of carbonyl (C=O) groups excluding carboxylic acids is 2. The van der Waals surface area contributed by atoms with E-state index < -0.39 is 82.4 Å². The van der Waals surface area contributed by atoms with E-state index in [0.29, 0.717) is 0 Å². The predicted molar refractivity (Wildman–Crippen MR) is 121 cm³/mol. The molecule has 1 aliphatic heterocycles. The van der Waals surface area contributed by atoms with Crippen molar-refractivity contribution < 1.29 is 42.4 Å². The van der Waals surface area contributed by atoms with E-state index in [-0.39, 0.29) is 43.6 Å². The molecule has 5 aliphatic carbocycles. The summed E-state index contributed by atoms with van der Waals surface area (Å²) in [4.78, 5) is 25.5. The maximum Gasteiger partial charge on any atom is 0.193 e. The lowest BCUT2D eigenvalue weighted by molar-refractivity contribution is -0.268. The third-order valence-corrected chi connectivity index (χ3v) is 11.2. The molecule has 0 aromatic heterocycles. The van der Waals surface area contributed by atoms with E-state index in [1.807, 2.05) is 0 Å². The van der Waals surface area contributed by atoms with Gasteiger partial charge in [0.15, 0.2) is 29.1 Å². The van der Waals surface area contributed by atoms with E-state index in [4.69, 9.17) is 9.47 Å². The van der Waals surface area contributed by atoms with Gasteiger partial charge in [0, 0.05) is 22.7 Å². The van der Waals surface area contributed by atoms with Gasteiger partial charge >= 0.3 is 0 Å². The third kappa shape index (κ3) is 2.54. The van der Waals surface area contributed by atoms with Crippen molar-refractivity contribution in [3.05, 3.63) is 23.8 Å². The number of ketones is 2. The second-order valence-corrected chi connectivity index (χ2v) is 12.5. The summed E-state index contributed by atoms with van der Waals surface area (Å²) in [6.45, 7) is 4.23. The minimum absolute atomic E-state index is 0.0256. The Labute approximate surface area is 207 Å². The maximum absolute atomic E-state index is 17.5. The SMILES string of the molecule is C[C@]12C[C@H](O)[C@@]3(F)[C@@H](C[C@H](F)C4=CC(=O)C=C[C@@]43C)[C@]1(C)C[C@H]1O[C@@H](C3CC(F)C3)O[C@]12C(=O)CO. The zero-order chi connectivity index (χ0) is 26.1. The molecule has 4 saturated carbocycles. The molecule has 1 heterocycles. The van der Waals surface area contributed by atoms with Crippen molar-refractivity contribution in [2.75, 3.05) is 6.61 Å². The average Bonchev–Trinajstić information content (AvgIpc) is 3.26. The number of hydrogen-bond donors (Lipinski definition) is 2. The number of allylic oxidation sites excluding steroid dienone is 4. The monoisotopic (exact) mass is 510 g/mol. The van der Waals surface area contributed by atoms with Crippen LogP contribution in [0.5, 0.6) is 0 Å². The van der Waals surface area contributed by atoms with Crippen LogP contribution in [0.2, 0.25) is 0 Å². The zero-order valence-corrected chi connectivity index (χ0v) is 20.7. The lowest BCUT2D eigenvalue weighted by atomic mass is 9.39. The number of ether oxygens (including phenoxy) is 2. The van der Waals surface area contributed by atoms with Crippen LogP contribution in [0.4, 0.5) is 13.2 Å². The van der Waals surface area contributed by atoms with Crippen molar-refractivity contribution in [2.45, 2.75) is 95.0 Å². The van der Waals surface area contributed by atoms with E-state index >= 15 is 8.78 Å². The largest absolute Gasteiger partial charge is 0.390 e. The number of rotatable bonds is 3. The average molecular weight is 511 g/mol. The lowest BCUT2D eigenvalue weighted by Gasteiger charge is -2.67. The Balaban J connectivity index is 1.47. The maximum atomic E-state index is 17.5. The number of hydrogen-bond acceptors (Lipinski definition) is 6. The van der Waals surface area contributed by atoms with E-state index in [0.717, 1.165) is 6.08 Å². The van der Waals surface area contributed by atoms with Crippen molar-refractivity contribution in [1.82, 2.24) is 0 Å². The number of aliphatic hydroxyl groups excluding tert-OH is 2. The number of alkyl halides is 3. The van der Waals surface area contributed by atoms with Crippen LogP contribution in [-0.4, -0.2) is 70.5 Å². The summed E-state index contributed by atoms with van der Waals surface area (Å²) in [5.74, 6) is -2.32. The lowest BCUT2D eigenvalue weighted by Crippen LogP contribution is -2.73. The molecule has 0 amide bonds. The van der Waals surface area contributed by atoms with Crippen LogP contribution in [0, 0.1) is 28.1 Å². The highest BCUT2D eigenvalue weighted by molar-refractivity contribution is 6.01. The zero-order valence-electron chi connectivity index (χ0n) is 20.7. The van der Waals surface area contributed by atoms with Crippen LogP contribution in [0.3, 0.4) is 0 Å². The molecular weight excluding hydrogens is 477 g/mol. The second kappa shape index (κ2) is 7.30. The van der Waals surface area contributed by atoms with Gasteiger partial charge in [0.1, 0.15) is 19.0 Å². The molecule has 10 atom stereocenters. The van der Waals surface area contributed by atoms with Crippen molar-refractivity contribution in [3.63, 3.8) is 0 Å². The number of carbonyl (C=O) groups is 2. The van der Waals surface area contributed by atoms with E-state index in [9.17, 15) is 24.2 Å². The molecule has 0 bridgehead atoms. The Morgan fingerprint density at radius 2 is 1.86 bits per heavy atom. The van der Waals surface area contributed by atoms with Crippen LogP contribution in [-0.2, 0) is 19.1 Å². The van der Waals surface area contributed by atoms with Gasteiger partial charge in [-0.25, -0.2) is 13.2 Å². The highest BCUT2D eigenvalue weighted by atomic mass is 19.1. The second-order valence-electron chi connectivity index (χ2n) is 12.5. The molecular formula is C27H33F3O6. The Morgan fingerprint density at radius 1 is 1.17 bits per heavy atom. The van der Waals surface area contributed by atoms with E-state index in [2.05, 4.69) is 0 Å². The minimum atomic E-state index is -2.32. The first-order chi connectivity index (χ1) is 16.8. The van der Waals surface area contributed by atoms with Gasteiger partial charge in [-0.15, -0.1) is 0 Å². The highest BCUT2D eigenvalue weighted by Gasteiger charge is 2.84. The molecule has 0 radical (unpaired) electrons. The smallest absolute Gasteiger partial charge is 0.193 e. The summed E-state index contributed by atoms with van der Waals surface area (Å²) in [7, 11) is 0. The first kappa shape index (κ1) is 24.8. The van der Waals surface area contributed by atoms with Crippen LogP contribution in [0.15, 0.2) is 23.8 Å². The van der Waals surface area contributed by atoms with E-state index in [1.54, 1.807) is 13.8 Å². The quantitative estimate of drug-likeness (QED) is 0.606. The summed E-state index contributed by atoms with van der Waals surface area (Å²) in [5, 5.41) is 21.5. The minimum Gasteiger partial charge on any atom is -0.390 e. The molecule has 198 valence electrons. The molecule has 9 heteroatoms. The first-order valence-electron chi connectivity index (χ1n) is 12.9. The van der Waals surface area contributed by atoms with Gasteiger partial charge in [-0.05, 0) is 62.2 Å². The molecule has 5 fully saturated rings. The molecule has 6 rings (SSSR count). The Hall–Kier alpha value is -1.55. The molecule has 1 saturated heterocycles. The van der Waals surface area contributed by atoms with Gasteiger partial charge in [0.2, 0.25) is 0 Å². The van der Waals surface area contributed by atoms with Gasteiger partial charge < -0.3 is 19.7 Å². The van der Waals surface area contributed by atoms with Gasteiger partial charge in [-0.3, -0.25) is 9.59 Å². The summed E-state index contributed by atoms with van der Waals surface area (Å²) in [6, 6.07) is 0. The van der Waals surface area contributed by atoms with Crippen LogP contribution >= 0.6 is 0 Å². The summed E-state index contributed by atoms with van der Waals surface area (Å²) >= 11 is 0. The molecule has 2 N–H and O–H groups in total. The summed E-state index contributed by atoms with van der Waals surface area (Å²) in [5.41, 5.74) is -7.78. The normalized spacial score (nSPS) is 57.3. The Bertz CT molecular complexity index is 1090. The van der Waals surface area contributed by atoms with Gasteiger partial charge in [-0.2, -0.15) is 0 Å². The van der Waals surface area contributed by atoms with Crippen LogP contribution < -0.4 is 0 Å². The Morgan fingerprint density at radius 3 is 2.50 bits per heavy atom. The number of aliphatic hydroxyl groups is 2. The number of halogens is 3. The Kier molecular flexibility index (Phi) is 5.02. The molecule has 0 unspecified atom stereocenters. The van der Waals surface area contributed by atoms with Gasteiger partial charge in [0.05, 0.1) is 12.2 Å². The van der Waals surface area contributed by atoms with Crippen LogP contribution in [0.1, 0.15) is 52.9 Å². The molecule has 6 nitrogen and oxygen atoms in total. The van der Waals surface area contributed by atoms with E-state index in [1.165, 1.54) is 19.1 Å². The van der Waals surface area contributed by atoms with Crippen LogP contribution in [0.25, 0.3) is 0 Å². The fraction of sp³-hybridized carbons (Fsp3) is 0.778. The predicted octanol–water partition coefficient (Wildman–Crippen LogP) is 3.10. The summed E-state index contributed by atoms with van der Waals surface area (Å²) in [6.07, 6.45) is -1.95. The van der Waals surface area contributed by atoms with Crippen molar-refractivity contribution >= 4 is 11.6 Å². The number of fused-ring (bicyclic) bond motifs is 7. The van der Waals surface area contributed by atoms with Crippen molar-refractivity contribution in [3.8, 4) is 0 Å². The van der Waals surface area contributed by atoms with Crippen molar-refractivity contribution in [1.29, 1.82) is 0 Å². The first-order valence-corrected chi connectivity index (χ1v) is 12.9. The molecule has 6 aliphatic rings. The highest BCUT2D eigenvalue weighted by Crippen LogP contribution is 2.77.